The highest BCUT2D eigenvalue weighted by molar-refractivity contribution is 5.33. The molecule has 1 unspecified atom stereocenters. The number of hydrogen-bond donors (Lipinski definition) is 2. The van der Waals surface area contributed by atoms with Crippen LogP contribution in [0.2, 0.25) is 0 Å². The Morgan fingerprint density at radius 1 is 0.733 bits per heavy atom. The van der Waals surface area contributed by atoms with Crippen LogP contribution in [0, 0.1) is 0 Å². The molecule has 15 heavy (non-hydrogen) atoms. The highest BCUT2D eigenvalue weighted by atomic mass is 16.3. The molecule has 2 rings (SSSR count). The number of aliphatic hydroxyl groups is 1. The van der Waals surface area contributed by atoms with Gasteiger partial charge in [-0.2, -0.15) is 0 Å². The lowest BCUT2D eigenvalue weighted by molar-refractivity contribution is 0.220. The Bertz CT molecular complexity index is 420. The third-order valence-electron chi connectivity index (χ3n) is 2.32. The Morgan fingerprint density at radius 3 is 1.87 bits per heavy atom. The molecule has 0 saturated carbocycles. The molecule has 0 amide bonds. The number of aliphatic hydroxyl groups excluding tert-OH is 1. The second kappa shape index (κ2) is 4.15. The van der Waals surface area contributed by atoms with E-state index in [-0.39, 0.29) is 5.75 Å². The molecule has 0 heterocycles. The molecule has 0 radical (unpaired) electrons. The minimum atomic E-state index is -0.633. The molecule has 2 aromatic rings. The zero-order chi connectivity index (χ0) is 10.7. The van der Waals surface area contributed by atoms with Gasteiger partial charge in [-0.1, -0.05) is 42.5 Å². The largest absolute Gasteiger partial charge is 0.508 e. The van der Waals surface area contributed by atoms with Gasteiger partial charge in [-0.05, 0) is 23.3 Å². The first-order chi connectivity index (χ1) is 7.27. The molecule has 2 heteroatoms. The van der Waals surface area contributed by atoms with Gasteiger partial charge in [0.15, 0.2) is 0 Å². The van der Waals surface area contributed by atoms with Crippen LogP contribution in [-0.2, 0) is 0 Å². The van der Waals surface area contributed by atoms with Gasteiger partial charge in [0.25, 0.3) is 0 Å². The molecule has 2 N–H and O–H groups in total. The summed E-state index contributed by atoms with van der Waals surface area (Å²) in [6.45, 7) is 0. The van der Waals surface area contributed by atoms with Gasteiger partial charge in [-0.3, -0.25) is 0 Å². The maximum absolute atomic E-state index is 10.0. The summed E-state index contributed by atoms with van der Waals surface area (Å²) in [5.74, 6) is 0.207. The summed E-state index contributed by atoms with van der Waals surface area (Å²) in [5.41, 5.74) is 1.63. The van der Waals surface area contributed by atoms with Crippen molar-refractivity contribution < 1.29 is 10.2 Å². The van der Waals surface area contributed by atoms with Crippen molar-refractivity contribution in [2.24, 2.45) is 0 Å². The normalized spacial score (nSPS) is 12.3. The van der Waals surface area contributed by atoms with Crippen LogP contribution in [0.25, 0.3) is 0 Å². The van der Waals surface area contributed by atoms with Crippen LogP contribution in [0.5, 0.6) is 5.75 Å². The summed E-state index contributed by atoms with van der Waals surface area (Å²) >= 11 is 0. The molecule has 0 aliphatic heterocycles. The van der Waals surface area contributed by atoms with Crippen LogP contribution < -0.4 is 0 Å². The Hall–Kier alpha value is -1.80. The van der Waals surface area contributed by atoms with Crippen LogP contribution in [0.3, 0.4) is 0 Å². The van der Waals surface area contributed by atoms with Gasteiger partial charge in [0, 0.05) is 0 Å². The number of aromatic hydroxyl groups is 1. The summed E-state index contributed by atoms with van der Waals surface area (Å²) in [5, 5.41) is 19.1. The van der Waals surface area contributed by atoms with Crippen LogP contribution >= 0.6 is 0 Å². The standard InChI is InChI=1S/C13H12O2/c14-12-8-6-11(7-9-12)13(15)10-4-2-1-3-5-10/h1-9,13-15H. The fourth-order valence-corrected chi connectivity index (χ4v) is 1.48. The summed E-state index contributed by atoms with van der Waals surface area (Å²) in [7, 11) is 0. The molecule has 0 bridgehead atoms. The predicted octanol–water partition coefficient (Wildman–Crippen LogP) is 2.47. The Kier molecular flexibility index (Phi) is 2.70. The first-order valence-electron chi connectivity index (χ1n) is 4.79. The number of phenols is 1. The van der Waals surface area contributed by atoms with E-state index in [1.54, 1.807) is 24.3 Å². The van der Waals surface area contributed by atoms with E-state index < -0.39 is 6.10 Å². The van der Waals surface area contributed by atoms with E-state index in [1.165, 1.54) is 0 Å². The van der Waals surface area contributed by atoms with Crippen molar-refractivity contribution in [3.05, 3.63) is 65.7 Å². The van der Waals surface area contributed by atoms with Gasteiger partial charge in [0.1, 0.15) is 11.9 Å². The molecule has 0 aromatic heterocycles. The van der Waals surface area contributed by atoms with Crippen LogP contribution in [0.1, 0.15) is 17.2 Å². The smallest absolute Gasteiger partial charge is 0.115 e. The van der Waals surface area contributed by atoms with E-state index in [9.17, 15) is 5.11 Å². The van der Waals surface area contributed by atoms with Crippen molar-refractivity contribution in [2.75, 3.05) is 0 Å². The molecule has 2 aromatic carbocycles. The van der Waals surface area contributed by atoms with Gasteiger partial charge in [0.05, 0.1) is 0 Å². The average Bonchev–Trinajstić information content (AvgIpc) is 2.30. The van der Waals surface area contributed by atoms with Crippen LogP contribution in [0.4, 0.5) is 0 Å². The van der Waals surface area contributed by atoms with Crippen LogP contribution in [0.15, 0.2) is 54.6 Å². The zero-order valence-electron chi connectivity index (χ0n) is 8.17. The first kappa shape index (κ1) is 9.74. The molecule has 0 saturated heterocycles. The van der Waals surface area contributed by atoms with Crippen molar-refractivity contribution >= 4 is 0 Å². The summed E-state index contributed by atoms with van der Waals surface area (Å²) in [6.07, 6.45) is -0.633. The second-order valence-corrected chi connectivity index (χ2v) is 3.40. The lowest BCUT2D eigenvalue weighted by Gasteiger charge is -2.10. The molecule has 2 nitrogen and oxygen atoms in total. The van der Waals surface area contributed by atoms with Gasteiger partial charge in [-0.15, -0.1) is 0 Å². The SMILES string of the molecule is Oc1ccc(C(O)c2ccccc2)cc1. The Labute approximate surface area is 88.4 Å². The van der Waals surface area contributed by atoms with Crippen molar-refractivity contribution in [1.29, 1.82) is 0 Å². The summed E-state index contributed by atoms with van der Waals surface area (Å²) < 4.78 is 0. The summed E-state index contributed by atoms with van der Waals surface area (Å²) in [4.78, 5) is 0. The number of benzene rings is 2. The van der Waals surface area contributed by atoms with E-state index in [0.29, 0.717) is 0 Å². The quantitative estimate of drug-likeness (QED) is 0.781. The third kappa shape index (κ3) is 2.17. The monoisotopic (exact) mass is 200 g/mol. The molecule has 0 aliphatic rings. The van der Waals surface area contributed by atoms with E-state index in [1.807, 2.05) is 30.3 Å². The maximum atomic E-state index is 10.0. The van der Waals surface area contributed by atoms with Crippen molar-refractivity contribution in [2.45, 2.75) is 6.10 Å². The van der Waals surface area contributed by atoms with Gasteiger partial charge in [0.2, 0.25) is 0 Å². The van der Waals surface area contributed by atoms with Gasteiger partial charge in [-0.25, -0.2) is 0 Å². The first-order valence-corrected chi connectivity index (χ1v) is 4.79. The molecular formula is C13H12O2. The average molecular weight is 200 g/mol. The summed E-state index contributed by atoms with van der Waals surface area (Å²) in [6, 6.07) is 16.0. The van der Waals surface area contributed by atoms with Crippen LogP contribution in [-0.4, -0.2) is 10.2 Å². The Morgan fingerprint density at radius 2 is 1.27 bits per heavy atom. The molecule has 0 fully saturated rings. The van der Waals surface area contributed by atoms with E-state index in [0.717, 1.165) is 11.1 Å². The molecule has 0 aliphatic carbocycles. The predicted molar refractivity (Wildman–Crippen MR) is 58.6 cm³/mol. The topological polar surface area (TPSA) is 40.5 Å². The molecule has 1 atom stereocenters. The highest BCUT2D eigenvalue weighted by Crippen LogP contribution is 2.22. The lowest BCUT2D eigenvalue weighted by Crippen LogP contribution is -1.98. The maximum Gasteiger partial charge on any atom is 0.115 e. The number of phenolic OH excluding ortho intramolecular Hbond substituents is 1. The lowest BCUT2D eigenvalue weighted by atomic mass is 10.0. The Balaban J connectivity index is 2.29. The minimum absolute atomic E-state index is 0.207. The van der Waals surface area contributed by atoms with E-state index in [4.69, 9.17) is 5.11 Å². The molecule has 0 spiro atoms. The van der Waals surface area contributed by atoms with Crippen molar-refractivity contribution in [3.63, 3.8) is 0 Å². The molecular weight excluding hydrogens is 188 g/mol. The number of rotatable bonds is 2. The van der Waals surface area contributed by atoms with Gasteiger partial charge >= 0.3 is 0 Å². The fourth-order valence-electron chi connectivity index (χ4n) is 1.48. The third-order valence-corrected chi connectivity index (χ3v) is 2.32. The number of hydrogen-bond acceptors (Lipinski definition) is 2. The molecule has 76 valence electrons. The van der Waals surface area contributed by atoms with Gasteiger partial charge < -0.3 is 10.2 Å². The second-order valence-electron chi connectivity index (χ2n) is 3.40. The van der Waals surface area contributed by atoms with E-state index in [2.05, 4.69) is 0 Å². The van der Waals surface area contributed by atoms with Crippen molar-refractivity contribution in [3.8, 4) is 5.75 Å². The fraction of sp³-hybridized carbons (Fsp3) is 0.0769. The zero-order valence-corrected chi connectivity index (χ0v) is 8.17. The minimum Gasteiger partial charge on any atom is -0.508 e. The van der Waals surface area contributed by atoms with Crippen molar-refractivity contribution in [1.82, 2.24) is 0 Å². The highest BCUT2D eigenvalue weighted by Gasteiger charge is 2.08. The van der Waals surface area contributed by atoms with E-state index >= 15 is 0 Å².